The first-order valence-electron chi connectivity index (χ1n) is 5.72. The van der Waals surface area contributed by atoms with Gasteiger partial charge in [-0.15, -0.1) is 0 Å². The molecule has 0 aliphatic rings. The van der Waals surface area contributed by atoms with Crippen LogP contribution >= 0.6 is 39.1 Å². The zero-order chi connectivity index (χ0) is 14.7. The summed E-state index contributed by atoms with van der Waals surface area (Å²) in [6, 6.07) is 7.96. The maximum absolute atomic E-state index is 13.2. The average Bonchev–Trinajstić information content (AvgIpc) is 2.37. The van der Waals surface area contributed by atoms with E-state index in [0.717, 1.165) is 11.3 Å². The molecule has 0 aromatic heterocycles. The van der Waals surface area contributed by atoms with Crippen LogP contribution in [0, 0.1) is 5.82 Å². The van der Waals surface area contributed by atoms with Crippen molar-refractivity contribution in [2.24, 2.45) is 0 Å². The first-order chi connectivity index (χ1) is 9.51. The van der Waals surface area contributed by atoms with Crippen LogP contribution in [0.5, 0.6) is 5.75 Å². The molecule has 2 rings (SSSR count). The second-order valence-electron chi connectivity index (χ2n) is 4.05. The highest BCUT2D eigenvalue weighted by molar-refractivity contribution is 9.10. The monoisotopic (exact) mass is 377 g/mol. The van der Waals surface area contributed by atoms with Crippen molar-refractivity contribution in [3.8, 4) is 5.75 Å². The summed E-state index contributed by atoms with van der Waals surface area (Å²) in [6.07, 6.45) is 0. The van der Waals surface area contributed by atoms with Crippen LogP contribution in [0.25, 0.3) is 0 Å². The Balaban J connectivity index is 2.23. The fraction of sp³-hybridized carbons (Fsp3) is 0.143. The van der Waals surface area contributed by atoms with Crippen LogP contribution in [0.15, 0.2) is 34.8 Å². The average molecular weight is 379 g/mol. The molecule has 20 heavy (non-hydrogen) atoms. The summed E-state index contributed by atoms with van der Waals surface area (Å²) in [5.41, 5.74) is 1.50. The Hall–Kier alpha value is -0.970. The smallest absolute Gasteiger partial charge is 0.125 e. The lowest BCUT2D eigenvalue weighted by molar-refractivity contribution is 0.410. The first-order valence-corrected chi connectivity index (χ1v) is 7.27. The van der Waals surface area contributed by atoms with Crippen LogP contribution in [0.3, 0.4) is 0 Å². The number of benzene rings is 2. The first kappa shape index (κ1) is 15.4. The van der Waals surface area contributed by atoms with Gasteiger partial charge in [0, 0.05) is 21.6 Å². The summed E-state index contributed by atoms with van der Waals surface area (Å²) in [7, 11) is 1.59. The van der Waals surface area contributed by atoms with Gasteiger partial charge in [0.05, 0.1) is 17.8 Å². The van der Waals surface area contributed by atoms with E-state index in [1.54, 1.807) is 25.3 Å². The molecule has 1 N–H and O–H groups in total. The number of hydrogen-bond donors (Lipinski definition) is 1. The summed E-state index contributed by atoms with van der Waals surface area (Å²) < 4.78 is 19.0. The maximum atomic E-state index is 13.2. The molecular formula is C14H11BrCl2FNO. The van der Waals surface area contributed by atoms with Gasteiger partial charge in [-0.3, -0.25) is 0 Å². The van der Waals surface area contributed by atoms with E-state index in [9.17, 15) is 4.39 Å². The number of methoxy groups -OCH3 is 1. The molecule has 0 unspecified atom stereocenters. The van der Waals surface area contributed by atoms with Crippen LogP contribution in [-0.2, 0) is 6.54 Å². The SMILES string of the molecule is COc1ccc(Cl)cc1CNc1c(Cl)cc(F)cc1Br. The molecule has 0 saturated carbocycles. The van der Waals surface area contributed by atoms with E-state index in [-0.39, 0.29) is 0 Å². The third-order valence-electron chi connectivity index (χ3n) is 2.70. The van der Waals surface area contributed by atoms with Crippen molar-refractivity contribution in [3.63, 3.8) is 0 Å². The minimum absolute atomic E-state index is 0.304. The van der Waals surface area contributed by atoms with Crippen LogP contribution in [-0.4, -0.2) is 7.11 Å². The van der Waals surface area contributed by atoms with Crippen LogP contribution < -0.4 is 10.1 Å². The van der Waals surface area contributed by atoms with Gasteiger partial charge >= 0.3 is 0 Å². The molecule has 0 aliphatic carbocycles. The molecule has 0 aliphatic heterocycles. The predicted molar refractivity (Wildman–Crippen MR) is 84.4 cm³/mol. The quantitative estimate of drug-likeness (QED) is 0.756. The lowest BCUT2D eigenvalue weighted by Crippen LogP contribution is -2.03. The second-order valence-corrected chi connectivity index (χ2v) is 5.75. The van der Waals surface area contributed by atoms with E-state index in [0.29, 0.717) is 26.8 Å². The number of ether oxygens (including phenoxy) is 1. The lowest BCUT2D eigenvalue weighted by atomic mass is 10.2. The van der Waals surface area contributed by atoms with E-state index >= 15 is 0 Å². The van der Waals surface area contributed by atoms with Gasteiger partial charge in [0.25, 0.3) is 0 Å². The number of rotatable bonds is 4. The number of hydrogen-bond acceptors (Lipinski definition) is 2. The molecule has 0 radical (unpaired) electrons. The highest BCUT2D eigenvalue weighted by Crippen LogP contribution is 2.33. The molecule has 2 nitrogen and oxygen atoms in total. The molecule has 106 valence electrons. The molecule has 2 aromatic rings. The molecule has 0 amide bonds. The standard InChI is InChI=1S/C14H11BrCl2FNO/c1-20-13-3-2-9(16)4-8(13)7-19-14-11(15)5-10(18)6-12(14)17/h2-6,19H,7H2,1H3. The van der Waals surface area contributed by atoms with E-state index in [2.05, 4.69) is 21.2 Å². The molecule has 2 aromatic carbocycles. The number of halogens is 4. The third kappa shape index (κ3) is 3.57. The van der Waals surface area contributed by atoms with Crippen molar-refractivity contribution >= 4 is 44.8 Å². The zero-order valence-corrected chi connectivity index (χ0v) is 13.6. The predicted octanol–water partition coefficient (Wildman–Crippen LogP) is 5.52. The second kappa shape index (κ2) is 6.66. The van der Waals surface area contributed by atoms with Crippen LogP contribution in [0.1, 0.15) is 5.56 Å². The number of nitrogens with one attached hydrogen (secondary N) is 1. The summed E-state index contributed by atoms with van der Waals surface area (Å²) in [5.74, 6) is 0.323. The Kier molecular flexibility index (Phi) is 5.13. The molecule has 0 fully saturated rings. The molecule has 0 spiro atoms. The molecule has 0 bridgehead atoms. The molecule has 0 heterocycles. The van der Waals surface area contributed by atoms with E-state index in [1.165, 1.54) is 12.1 Å². The van der Waals surface area contributed by atoms with Crippen LogP contribution in [0.2, 0.25) is 10.0 Å². The summed E-state index contributed by atoms with van der Waals surface area (Å²) in [5, 5.41) is 4.06. The highest BCUT2D eigenvalue weighted by Gasteiger charge is 2.10. The fourth-order valence-electron chi connectivity index (χ4n) is 1.78. The van der Waals surface area contributed by atoms with Gasteiger partial charge in [-0.05, 0) is 46.3 Å². The van der Waals surface area contributed by atoms with Gasteiger partial charge in [0.1, 0.15) is 11.6 Å². The van der Waals surface area contributed by atoms with Crippen molar-refractivity contribution in [1.82, 2.24) is 0 Å². The molecular weight excluding hydrogens is 368 g/mol. The minimum Gasteiger partial charge on any atom is -0.496 e. The number of anilines is 1. The topological polar surface area (TPSA) is 21.3 Å². The van der Waals surface area contributed by atoms with Crippen molar-refractivity contribution in [2.45, 2.75) is 6.54 Å². The Labute approximate surface area is 135 Å². The summed E-state index contributed by atoms with van der Waals surface area (Å²) >= 11 is 15.3. The normalized spacial score (nSPS) is 10.4. The van der Waals surface area contributed by atoms with Crippen molar-refractivity contribution < 1.29 is 9.13 Å². The summed E-state index contributed by atoms with van der Waals surface area (Å²) in [4.78, 5) is 0. The Morgan fingerprint density at radius 1 is 1.25 bits per heavy atom. The Morgan fingerprint density at radius 3 is 2.65 bits per heavy atom. The highest BCUT2D eigenvalue weighted by atomic mass is 79.9. The van der Waals surface area contributed by atoms with Gasteiger partial charge in [-0.2, -0.15) is 0 Å². The van der Waals surface area contributed by atoms with Gasteiger partial charge in [-0.1, -0.05) is 23.2 Å². The maximum Gasteiger partial charge on any atom is 0.125 e. The van der Waals surface area contributed by atoms with Crippen molar-refractivity contribution in [3.05, 3.63) is 56.2 Å². The summed E-state index contributed by atoms with van der Waals surface area (Å²) in [6.45, 7) is 0.452. The molecule has 0 saturated heterocycles. The van der Waals surface area contributed by atoms with Gasteiger partial charge < -0.3 is 10.1 Å². The minimum atomic E-state index is -0.396. The van der Waals surface area contributed by atoms with E-state index in [4.69, 9.17) is 27.9 Å². The van der Waals surface area contributed by atoms with E-state index in [1.807, 2.05) is 0 Å². The largest absolute Gasteiger partial charge is 0.496 e. The van der Waals surface area contributed by atoms with Gasteiger partial charge in [-0.25, -0.2) is 4.39 Å². The Bertz CT molecular complexity index is 614. The van der Waals surface area contributed by atoms with Crippen molar-refractivity contribution in [2.75, 3.05) is 12.4 Å². The fourth-order valence-corrected chi connectivity index (χ4v) is 2.93. The van der Waals surface area contributed by atoms with Crippen LogP contribution in [0.4, 0.5) is 10.1 Å². The molecule has 0 atom stereocenters. The van der Waals surface area contributed by atoms with E-state index < -0.39 is 5.82 Å². The van der Waals surface area contributed by atoms with Crippen molar-refractivity contribution in [1.29, 1.82) is 0 Å². The zero-order valence-electron chi connectivity index (χ0n) is 10.5. The lowest BCUT2D eigenvalue weighted by Gasteiger charge is -2.13. The van der Waals surface area contributed by atoms with Gasteiger partial charge in [0.2, 0.25) is 0 Å². The Morgan fingerprint density at radius 2 is 2.00 bits per heavy atom. The third-order valence-corrected chi connectivity index (χ3v) is 3.86. The van der Waals surface area contributed by atoms with Gasteiger partial charge in [0.15, 0.2) is 0 Å². The molecule has 6 heteroatoms.